The minimum atomic E-state index is -3.96. The van der Waals surface area contributed by atoms with Crippen LogP contribution < -0.4 is 5.32 Å². The van der Waals surface area contributed by atoms with Gasteiger partial charge in [0.2, 0.25) is 21.8 Å². The molecule has 4 aromatic rings. The molecular weight excluding hydrogens is 510 g/mol. The van der Waals surface area contributed by atoms with Crippen molar-refractivity contribution in [1.29, 1.82) is 0 Å². The van der Waals surface area contributed by atoms with Gasteiger partial charge in [0.25, 0.3) is 0 Å². The summed E-state index contributed by atoms with van der Waals surface area (Å²) in [6.45, 7) is 1.72. The number of carbonyl (C=O) groups is 2. The van der Waals surface area contributed by atoms with Crippen LogP contribution in [-0.2, 0) is 32.6 Å². The summed E-state index contributed by atoms with van der Waals surface area (Å²) in [5, 5.41) is 4.40. The maximum absolute atomic E-state index is 13.8. The van der Waals surface area contributed by atoms with Gasteiger partial charge in [-0.3, -0.25) is 9.59 Å². The van der Waals surface area contributed by atoms with E-state index in [1.54, 1.807) is 18.2 Å². The van der Waals surface area contributed by atoms with Gasteiger partial charge < -0.3 is 10.2 Å². The van der Waals surface area contributed by atoms with Crippen LogP contribution in [0.5, 0.6) is 0 Å². The highest BCUT2D eigenvalue weighted by Crippen LogP contribution is 2.22. The molecule has 0 aliphatic heterocycles. The second kappa shape index (κ2) is 12.2. The maximum Gasteiger partial charge on any atom is 0.243 e. The Hall–Kier alpha value is -4.01. The summed E-state index contributed by atoms with van der Waals surface area (Å²) in [4.78, 5) is 28.5. The van der Waals surface area contributed by atoms with Gasteiger partial charge in [0.15, 0.2) is 0 Å². The summed E-state index contributed by atoms with van der Waals surface area (Å²) in [5.41, 5.74) is 2.81. The van der Waals surface area contributed by atoms with E-state index in [2.05, 4.69) is 5.32 Å². The van der Waals surface area contributed by atoms with Gasteiger partial charge in [-0.15, -0.1) is 0 Å². The second-order valence-electron chi connectivity index (χ2n) is 9.60. The average Bonchev–Trinajstić information content (AvgIpc) is 2.95. The van der Waals surface area contributed by atoms with E-state index in [9.17, 15) is 18.0 Å². The van der Waals surface area contributed by atoms with E-state index in [0.29, 0.717) is 6.42 Å². The lowest BCUT2D eigenvalue weighted by Gasteiger charge is -2.32. The van der Waals surface area contributed by atoms with Crippen LogP contribution in [0.2, 0.25) is 0 Å². The molecule has 0 aliphatic carbocycles. The third-order valence-corrected chi connectivity index (χ3v) is 8.58. The predicted octanol–water partition coefficient (Wildman–Crippen LogP) is 4.15. The molecule has 2 amide bonds. The first-order chi connectivity index (χ1) is 18.7. The van der Waals surface area contributed by atoms with Gasteiger partial charge in [-0.1, -0.05) is 90.5 Å². The van der Waals surface area contributed by atoms with Crippen molar-refractivity contribution in [2.75, 3.05) is 20.6 Å². The van der Waals surface area contributed by atoms with Crippen molar-refractivity contribution in [1.82, 2.24) is 14.5 Å². The number of likely N-dealkylation sites (N-methyl/N-ethyl adjacent to an activating group) is 2. The molecule has 1 N–H and O–H groups in total. The summed E-state index contributed by atoms with van der Waals surface area (Å²) in [7, 11) is -1.04. The van der Waals surface area contributed by atoms with Gasteiger partial charge in [0, 0.05) is 27.1 Å². The molecule has 0 bridgehead atoms. The van der Waals surface area contributed by atoms with Gasteiger partial charge >= 0.3 is 0 Å². The summed E-state index contributed by atoms with van der Waals surface area (Å²) < 4.78 is 28.0. The van der Waals surface area contributed by atoms with E-state index in [1.165, 1.54) is 19.0 Å². The number of hydrogen-bond donors (Lipinski definition) is 1. The van der Waals surface area contributed by atoms with Gasteiger partial charge in [-0.05, 0) is 41.0 Å². The van der Waals surface area contributed by atoms with Crippen molar-refractivity contribution in [3.8, 4) is 0 Å². The zero-order valence-corrected chi connectivity index (χ0v) is 23.2. The molecule has 4 aromatic carbocycles. The molecule has 202 valence electrons. The van der Waals surface area contributed by atoms with Gasteiger partial charge in [0.1, 0.15) is 6.04 Å². The topological polar surface area (TPSA) is 86.8 Å². The third-order valence-electron chi connectivity index (χ3n) is 6.78. The van der Waals surface area contributed by atoms with Crippen LogP contribution in [0, 0.1) is 6.92 Å². The van der Waals surface area contributed by atoms with Gasteiger partial charge in [-0.2, -0.15) is 4.31 Å². The van der Waals surface area contributed by atoms with Crippen molar-refractivity contribution in [3.63, 3.8) is 0 Å². The van der Waals surface area contributed by atoms with E-state index in [-0.39, 0.29) is 17.3 Å². The highest BCUT2D eigenvalue weighted by molar-refractivity contribution is 7.89. The zero-order chi connectivity index (χ0) is 28.0. The molecule has 1 atom stereocenters. The van der Waals surface area contributed by atoms with Crippen LogP contribution in [0.4, 0.5) is 0 Å². The number of aryl methyl sites for hydroxylation is 1. The number of nitrogens with zero attached hydrogens (tertiary/aromatic N) is 2. The smallest absolute Gasteiger partial charge is 0.243 e. The molecular formula is C31H33N3O4S. The SMILES string of the molecule is CNC(=O)C(Cc1ccccc1)N(Cc1ccc(C)cc1)C(=O)CN(C)S(=O)(=O)c1ccc2ccccc2c1. The molecule has 39 heavy (non-hydrogen) atoms. The molecule has 8 heteroatoms. The fourth-order valence-corrected chi connectivity index (χ4v) is 5.64. The fourth-order valence-electron chi connectivity index (χ4n) is 4.48. The van der Waals surface area contributed by atoms with Crippen molar-refractivity contribution >= 4 is 32.6 Å². The van der Waals surface area contributed by atoms with Crippen LogP contribution in [0.1, 0.15) is 16.7 Å². The Bertz CT molecular complexity index is 1550. The quantitative estimate of drug-likeness (QED) is 0.326. The van der Waals surface area contributed by atoms with Crippen molar-refractivity contribution in [3.05, 3.63) is 114 Å². The van der Waals surface area contributed by atoms with Gasteiger partial charge in [-0.25, -0.2) is 8.42 Å². The van der Waals surface area contributed by atoms with Crippen molar-refractivity contribution in [2.24, 2.45) is 0 Å². The number of benzene rings is 4. The van der Waals surface area contributed by atoms with E-state index < -0.39 is 28.5 Å². The number of fused-ring (bicyclic) bond motifs is 1. The lowest BCUT2D eigenvalue weighted by Crippen LogP contribution is -2.52. The molecule has 0 spiro atoms. The summed E-state index contributed by atoms with van der Waals surface area (Å²) in [6, 6.07) is 28.7. The predicted molar refractivity (Wildman–Crippen MR) is 153 cm³/mol. The number of nitrogens with one attached hydrogen (secondary N) is 1. The first-order valence-electron chi connectivity index (χ1n) is 12.7. The normalized spacial score (nSPS) is 12.3. The standard InChI is InChI=1S/C31H33N3O4S/c1-23-13-15-25(16-14-23)21-34(29(31(36)32-2)19-24-9-5-4-6-10-24)30(35)22-33(3)39(37,38)28-18-17-26-11-7-8-12-27(26)20-28/h4-18,20,29H,19,21-22H2,1-3H3,(H,32,36). The van der Waals surface area contributed by atoms with Crippen LogP contribution in [0.25, 0.3) is 10.8 Å². The zero-order valence-electron chi connectivity index (χ0n) is 22.4. The number of hydrogen-bond acceptors (Lipinski definition) is 4. The molecule has 7 nitrogen and oxygen atoms in total. The molecule has 1 unspecified atom stereocenters. The minimum absolute atomic E-state index is 0.105. The monoisotopic (exact) mass is 543 g/mol. The molecule has 4 rings (SSSR count). The largest absolute Gasteiger partial charge is 0.357 e. The second-order valence-corrected chi connectivity index (χ2v) is 11.6. The highest BCUT2D eigenvalue weighted by atomic mass is 32.2. The number of carbonyl (C=O) groups excluding carboxylic acids is 2. The van der Waals surface area contributed by atoms with Crippen LogP contribution in [0.3, 0.4) is 0 Å². The molecule has 0 aromatic heterocycles. The van der Waals surface area contributed by atoms with Crippen molar-refractivity contribution in [2.45, 2.75) is 30.8 Å². The van der Waals surface area contributed by atoms with E-state index in [4.69, 9.17) is 0 Å². The minimum Gasteiger partial charge on any atom is -0.357 e. The molecule has 0 heterocycles. The van der Waals surface area contributed by atoms with E-state index in [0.717, 1.165) is 31.8 Å². The summed E-state index contributed by atoms with van der Waals surface area (Å²) in [6.07, 6.45) is 0.291. The molecule has 0 saturated heterocycles. The average molecular weight is 544 g/mol. The van der Waals surface area contributed by atoms with Crippen molar-refractivity contribution < 1.29 is 18.0 Å². The maximum atomic E-state index is 13.8. The molecule has 0 fully saturated rings. The van der Waals surface area contributed by atoms with E-state index >= 15 is 0 Å². The van der Waals surface area contributed by atoms with E-state index in [1.807, 2.05) is 85.8 Å². The Balaban J connectivity index is 1.64. The Morgan fingerprint density at radius 1 is 0.821 bits per heavy atom. The highest BCUT2D eigenvalue weighted by Gasteiger charge is 2.32. The Labute approximate surface area is 230 Å². The molecule has 0 aliphatic rings. The number of amides is 2. The Kier molecular flexibility index (Phi) is 8.79. The van der Waals surface area contributed by atoms with Crippen LogP contribution in [0.15, 0.2) is 102 Å². The summed E-state index contributed by atoms with van der Waals surface area (Å²) >= 11 is 0. The first-order valence-corrected chi connectivity index (χ1v) is 14.2. The molecule has 0 radical (unpaired) electrons. The first kappa shape index (κ1) is 28.0. The third kappa shape index (κ3) is 6.71. The lowest BCUT2D eigenvalue weighted by atomic mass is 10.0. The summed E-state index contributed by atoms with van der Waals surface area (Å²) in [5.74, 6) is -0.786. The molecule has 0 saturated carbocycles. The Morgan fingerprint density at radius 2 is 1.46 bits per heavy atom. The van der Waals surface area contributed by atoms with Crippen LogP contribution >= 0.6 is 0 Å². The number of rotatable bonds is 10. The number of sulfonamides is 1. The lowest BCUT2D eigenvalue weighted by molar-refractivity contribution is -0.141. The Morgan fingerprint density at radius 3 is 2.13 bits per heavy atom. The van der Waals surface area contributed by atoms with Crippen LogP contribution in [-0.4, -0.2) is 56.1 Å². The van der Waals surface area contributed by atoms with Gasteiger partial charge in [0.05, 0.1) is 11.4 Å². The fraction of sp³-hybridized carbons (Fsp3) is 0.226.